The standard InChI is InChI=1S/Cl3P.Sr.2H/c1-4(2)3;;;. The maximum atomic E-state index is 4.87. The van der Waals surface area contributed by atoms with Crippen LogP contribution in [0.3, 0.4) is 0 Å². The molecule has 0 nitrogen and oxygen atoms in total. The number of hydrogen-bond acceptors (Lipinski definition) is 0. The molecule has 0 aliphatic heterocycles. The van der Waals surface area contributed by atoms with Crippen LogP contribution in [0.1, 0.15) is 0 Å². The van der Waals surface area contributed by atoms with Crippen LogP contribution in [-0.4, -0.2) is 45.5 Å². The van der Waals surface area contributed by atoms with Crippen molar-refractivity contribution in [2.45, 2.75) is 0 Å². The fraction of sp³-hybridized carbons (Fsp3) is 0. The molecular formula is H2Cl3PSr. The summed E-state index contributed by atoms with van der Waals surface area (Å²) in [6.07, 6.45) is 0. The van der Waals surface area contributed by atoms with E-state index >= 15 is 0 Å². The van der Waals surface area contributed by atoms with Gasteiger partial charge in [0, 0.05) is 0 Å². The van der Waals surface area contributed by atoms with E-state index in [2.05, 4.69) is 0 Å². The van der Waals surface area contributed by atoms with Gasteiger partial charge in [0.2, 0.25) is 0 Å². The minimum absolute atomic E-state index is 0. The molecule has 0 saturated heterocycles. The van der Waals surface area contributed by atoms with Gasteiger partial charge in [-0.05, 0) is 0 Å². The quantitative estimate of drug-likeness (QED) is 0.438. The molecule has 0 aliphatic rings. The van der Waals surface area contributed by atoms with E-state index in [0.29, 0.717) is 0 Å². The molecule has 0 N–H and O–H groups in total. The third kappa shape index (κ3) is 20.0. The van der Waals surface area contributed by atoms with E-state index in [0.717, 1.165) is 0 Å². The van der Waals surface area contributed by atoms with E-state index in [1.165, 1.54) is 0 Å². The fourth-order valence-electron chi connectivity index (χ4n) is 0. The van der Waals surface area contributed by atoms with E-state index in [4.69, 9.17) is 33.7 Å². The summed E-state index contributed by atoms with van der Waals surface area (Å²) in [5, 5.41) is 0. The van der Waals surface area contributed by atoms with Gasteiger partial charge in [0.15, 0.2) is 5.98 Å². The van der Waals surface area contributed by atoms with E-state index in [-0.39, 0.29) is 45.5 Å². The second-order valence-corrected chi connectivity index (χ2v) is 5.17. The van der Waals surface area contributed by atoms with Gasteiger partial charge in [-0.15, -0.1) is 0 Å². The second-order valence-electron chi connectivity index (χ2n) is 0.192. The number of hydrogen-bond donors (Lipinski definition) is 0. The van der Waals surface area contributed by atoms with Crippen molar-refractivity contribution in [3.05, 3.63) is 0 Å². The first-order valence-corrected chi connectivity index (χ1v) is 4.56. The molecule has 0 radical (unpaired) electrons. The Bertz CT molecular complexity index is 11.6. The van der Waals surface area contributed by atoms with Gasteiger partial charge in [-0.1, -0.05) is 33.7 Å². The summed E-state index contributed by atoms with van der Waals surface area (Å²) in [5.41, 5.74) is 0. The zero-order valence-electron chi connectivity index (χ0n) is 1.58. The molecule has 0 amide bonds. The van der Waals surface area contributed by atoms with Crippen LogP contribution in [0.2, 0.25) is 0 Å². The van der Waals surface area contributed by atoms with Crippen LogP contribution < -0.4 is 0 Å². The fourth-order valence-corrected chi connectivity index (χ4v) is 0. The van der Waals surface area contributed by atoms with Crippen LogP contribution in [-0.2, 0) is 0 Å². The van der Waals surface area contributed by atoms with Gasteiger partial charge in [0.25, 0.3) is 0 Å². The van der Waals surface area contributed by atoms with Crippen molar-refractivity contribution in [3.63, 3.8) is 0 Å². The van der Waals surface area contributed by atoms with Crippen molar-refractivity contribution >= 4 is 85.2 Å². The van der Waals surface area contributed by atoms with Crippen LogP contribution in [0, 0.1) is 0 Å². The molecule has 0 saturated carbocycles. The Labute approximate surface area is 83.5 Å². The molecule has 0 atom stereocenters. The van der Waals surface area contributed by atoms with Gasteiger partial charge in [-0.25, -0.2) is 0 Å². The molecule has 0 aliphatic carbocycles. The average molecular weight is 227 g/mol. The Balaban J connectivity index is 0. The molecule has 0 heterocycles. The van der Waals surface area contributed by atoms with E-state index in [1.54, 1.807) is 0 Å². The van der Waals surface area contributed by atoms with Crippen molar-refractivity contribution in [2.24, 2.45) is 0 Å². The molecule has 0 rings (SSSR count). The topological polar surface area (TPSA) is 0 Å². The first-order valence-electron chi connectivity index (χ1n) is 0.507. The predicted molar refractivity (Wildman–Crippen MR) is 33.0 cm³/mol. The zero-order chi connectivity index (χ0) is 3.58. The SMILES string of the molecule is ClP(Cl)Cl.[SrH2]. The third-order valence-corrected chi connectivity index (χ3v) is 0. The normalized spacial score (nSPS) is 7.20. The molecule has 0 spiro atoms. The molecule has 0 aromatic carbocycles. The van der Waals surface area contributed by atoms with Crippen LogP contribution in [0.4, 0.5) is 0 Å². The average Bonchev–Trinajstić information content (AvgIpc) is 0.811. The van der Waals surface area contributed by atoms with Crippen LogP contribution in [0.15, 0.2) is 0 Å². The summed E-state index contributed by atoms with van der Waals surface area (Å²) in [5.74, 6) is -1.20. The zero-order valence-corrected chi connectivity index (χ0v) is 4.74. The van der Waals surface area contributed by atoms with Crippen molar-refractivity contribution < 1.29 is 0 Å². The molecule has 0 aromatic rings. The van der Waals surface area contributed by atoms with Crippen molar-refractivity contribution in [3.8, 4) is 0 Å². The summed E-state index contributed by atoms with van der Waals surface area (Å²) in [4.78, 5) is 0. The van der Waals surface area contributed by atoms with E-state index < -0.39 is 5.98 Å². The Hall–Kier alpha value is 2.78. The minimum atomic E-state index is -1.20. The van der Waals surface area contributed by atoms with Crippen LogP contribution >= 0.6 is 39.7 Å². The van der Waals surface area contributed by atoms with Gasteiger partial charge >= 0.3 is 45.5 Å². The Morgan fingerprint density at radius 3 is 1.00 bits per heavy atom. The van der Waals surface area contributed by atoms with Crippen molar-refractivity contribution in [2.75, 3.05) is 0 Å². The van der Waals surface area contributed by atoms with E-state index in [1.807, 2.05) is 0 Å². The monoisotopic (exact) mass is 226 g/mol. The molecular weight excluding hydrogens is 225 g/mol. The van der Waals surface area contributed by atoms with Gasteiger partial charge < -0.3 is 0 Å². The Morgan fingerprint density at radius 2 is 1.00 bits per heavy atom. The number of halogens is 3. The summed E-state index contributed by atoms with van der Waals surface area (Å²) >= 11 is 14.6. The van der Waals surface area contributed by atoms with Crippen LogP contribution in [0.5, 0.6) is 0 Å². The van der Waals surface area contributed by atoms with Gasteiger partial charge in [-0.3, -0.25) is 0 Å². The molecule has 5 heavy (non-hydrogen) atoms. The maximum absolute atomic E-state index is 4.87. The Morgan fingerprint density at radius 1 is 1.00 bits per heavy atom. The van der Waals surface area contributed by atoms with Gasteiger partial charge in [-0.2, -0.15) is 0 Å². The number of rotatable bonds is 0. The molecule has 0 unspecified atom stereocenters. The predicted octanol–water partition coefficient (Wildman–Crippen LogP) is 2.01. The Kier molecular flexibility index (Phi) is 14.5. The van der Waals surface area contributed by atoms with Crippen molar-refractivity contribution in [1.29, 1.82) is 0 Å². The molecule has 0 fully saturated rings. The first kappa shape index (κ1) is 10.7. The molecule has 5 heteroatoms. The van der Waals surface area contributed by atoms with Gasteiger partial charge in [0.1, 0.15) is 0 Å². The molecule has 0 bridgehead atoms. The van der Waals surface area contributed by atoms with Gasteiger partial charge in [0.05, 0.1) is 0 Å². The van der Waals surface area contributed by atoms with E-state index in [9.17, 15) is 0 Å². The third-order valence-electron chi connectivity index (χ3n) is 0. The second kappa shape index (κ2) is 6.78. The van der Waals surface area contributed by atoms with Crippen LogP contribution in [0.25, 0.3) is 0 Å². The summed E-state index contributed by atoms with van der Waals surface area (Å²) in [7, 11) is 0. The summed E-state index contributed by atoms with van der Waals surface area (Å²) in [6.45, 7) is 0. The van der Waals surface area contributed by atoms with Crippen molar-refractivity contribution in [1.82, 2.24) is 0 Å². The molecule has 30 valence electrons. The summed E-state index contributed by atoms with van der Waals surface area (Å²) in [6, 6.07) is 0. The first-order chi connectivity index (χ1) is 1.73. The summed E-state index contributed by atoms with van der Waals surface area (Å²) < 4.78 is 0. The molecule has 0 aromatic heterocycles.